The number of alkyl halides is 3. The number of nitrogens with one attached hydrogen (secondary N) is 2. The molecule has 2 N–H and O–H groups in total. The zero-order valence-electron chi connectivity index (χ0n) is 16.9. The van der Waals surface area contributed by atoms with Gasteiger partial charge in [-0.3, -0.25) is 9.67 Å². The van der Waals surface area contributed by atoms with Crippen LogP contribution >= 0.6 is 0 Å². The molecular formula is C19H26F3N5O2. The highest BCUT2D eigenvalue weighted by Gasteiger charge is 2.36. The molecule has 0 saturated carbocycles. The van der Waals surface area contributed by atoms with Crippen LogP contribution < -0.4 is 15.4 Å². The highest BCUT2D eigenvalue weighted by Crippen LogP contribution is 2.30. The molecule has 2 aromatic rings. The second-order valence-corrected chi connectivity index (χ2v) is 6.41. The van der Waals surface area contributed by atoms with E-state index in [1.54, 1.807) is 14.2 Å². The molecule has 0 unspecified atom stereocenters. The van der Waals surface area contributed by atoms with Crippen molar-refractivity contribution >= 4 is 5.96 Å². The van der Waals surface area contributed by atoms with E-state index in [-0.39, 0.29) is 12.1 Å². The summed E-state index contributed by atoms with van der Waals surface area (Å²) in [6.45, 7) is 3.18. The molecule has 0 radical (unpaired) electrons. The van der Waals surface area contributed by atoms with E-state index in [0.717, 1.165) is 21.6 Å². The van der Waals surface area contributed by atoms with Crippen LogP contribution in [0.5, 0.6) is 5.75 Å². The van der Waals surface area contributed by atoms with Crippen molar-refractivity contribution in [3.63, 3.8) is 0 Å². The van der Waals surface area contributed by atoms with Crippen molar-refractivity contribution in [2.24, 2.45) is 12.0 Å². The predicted octanol–water partition coefficient (Wildman–Crippen LogP) is 2.64. The van der Waals surface area contributed by atoms with Crippen molar-refractivity contribution in [1.29, 1.82) is 0 Å². The Morgan fingerprint density at radius 2 is 1.86 bits per heavy atom. The van der Waals surface area contributed by atoms with Crippen LogP contribution in [-0.4, -0.2) is 43.1 Å². The maximum Gasteiger partial charge on any atom is 0.435 e. The van der Waals surface area contributed by atoms with Gasteiger partial charge in [-0.1, -0.05) is 12.1 Å². The van der Waals surface area contributed by atoms with Crippen LogP contribution in [0.25, 0.3) is 0 Å². The maximum atomic E-state index is 13.1. The first-order valence-corrected chi connectivity index (χ1v) is 9.00. The molecule has 0 atom stereocenters. The summed E-state index contributed by atoms with van der Waals surface area (Å²) in [5.41, 5.74) is 1.09. The Bertz CT molecular complexity index is 834. The molecule has 1 aromatic heterocycles. The van der Waals surface area contributed by atoms with Crippen LogP contribution in [0, 0.1) is 6.92 Å². The highest BCUT2D eigenvalue weighted by molar-refractivity contribution is 5.79. The summed E-state index contributed by atoms with van der Waals surface area (Å²) in [7, 11) is 4.60. The van der Waals surface area contributed by atoms with E-state index in [4.69, 9.17) is 9.47 Å². The van der Waals surface area contributed by atoms with Gasteiger partial charge in [0.1, 0.15) is 12.4 Å². The van der Waals surface area contributed by atoms with Gasteiger partial charge < -0.3 is 20.1 Å². The number of aryl methyl sites for hydroxylation is 2. The van der Waals surface area contributed by atoms with Gasteiger partial charge in [-0.25, -0.2) is 0 Å². The van der Waals surface area contributed by atoms with Gasteiger partial charge in [-0.2, -0.15) is 18.3 Å². The number of halogens is 3. The number of hydrogen-bond acceptors (Lipinski definition) is 4. The number of aromatic nitrogens is 2. The zero-order valence-corrected chi connectivity index (χ0v) is 16.9. The Hall–Kier alpha value is -2.75. The SMILES string of the molecule is CN=C(NCc1ccc(C)cc1OCCOC)NCc1cn(C)nc1C(F)(F)F. The lowest BCUT2D eigenvalue weighted by molar-refractivity contribution is -0.142. The second kappa shape index (κ2) is 10.1. The fraction of sp³-hybridized carbons (Fsp3) is 0.474. The van der Waals surface area contributed by atoms with E-state index in [1.165, 1.54) is 13.2 Å². The second-order valence-electron chi connectivity index (χ2n) is 6.41. The van der Waals surface area contributed by atoms with Gasteiger partial charge in [-0.05, 0) is 18.6 Å². The molecule has 160 valence electrons. The van der Waals surface area contributed by atoms with Gasteiger partial charge in [0.25, 0.3) is 0 Å². The smallest absolute Gasteiger partial charge is 0.435 e. The molecule has 0 spiro atoms. The first-order valence-electron chi connectivity index (χ1n) is 9.00. The van der Waals surface area contributed by atoms with Crippen molar-refractivity contribution < 1.29 is 22.6 Å². The van der Waals surface area contributed by atoms with Crippen LogP contribution in [0.15, 0.2) is 29.4 Å². The highest BCUT2D eigenvalue weighted by atomic mass is 19.4. The van der Waals surface area contributed by atoms with Crippen molar-refractivity contribution in [2.45, 2.75) is 26.2 Å². The van der Waals surface area contributed by atoms with Gasteiger partial charge in [0.15, 0.2) is 11.7 Å². The van der Waals surface area contributed by atoms with Gasteiger partial charge in [0.2, 0.25) is 0 Å². The third kappa shape index (κ3) is 6.67. The first-order chi connectivity index (χ1) is 13.7. The number of aliphatic imine (C=N–C) groups is 1. The molecule has 0 saturated heterocycles. The monoisotopic (exact) mass is 413 g/mol. The summed E-state index contributed by atoms with van der Waals surface area (Å²) in [4.78, 5) is 4.06. The van der Waals surface area contributed by atoms with E-state index in [0.29, 0.717) is 25.7 Å². The quantitative estimate of drug-likeness (QED) is 0.396. The minimum Gasteiger partial charge on any atom is -0.491 e. The molecule has 10 heteroatoms. The average Bonchev–Trinajstić information content (AvgIpc) is 3.04. The van der Waals surface area contributed by atoms with Gasteiger partial charge >= 0.3 is 6.18 Å². The van der Waals surface area contributed by atoms with Crippen molar-refractivity contribution in [2.75, 3.05) is 27.4 Å². The minimum atomic E-state index is -4.51. The lowest BCUT2D eigenvalue weighted by atomic mass is 10.1. The summed E-state index contributed by atoms with van der Waals surface area (Å²) >= 11 is 0. The van der Waals surface area contributed by atoms with Gasteiger partial charge in [-0.15, -0.1) is 0 Å². The molecule has 1 aromatic carbocycles. The molecule has 7 nitrogen and oxygen atoms in total. The summed E-state index contributed by atoms with van der Waals surface area (Å²) in [5, 5.41) is 9.48. The third-order valence-corrected chi connectivity index (χ3v) is 4.06. The molecule has 0 aliphatic heterocycles. The fourth-order valence-electron chi connectivity index (χ4n) is 2.66. The molecular weight excluding hydrogens is 387 g/mol. The molecule has 2 rings (SSSR count). The molecule has 0 aliphatic rings. The molecule has 0 aliphatic carbocycles. The first kappa shape index (κ1) is 22.5. The molecule has 29 heavy (non-hydrogen) atoms. The summed E-state index contributed by atoms with van der Waals surface area (Å²) in [6.07, 6.45) is -3.17. The molecule has 1 heterocycles. The molecule has 0 bridgehead atoms. The predicted molar refractivity (Wildman–Crippen MR) is 104 cm³/mol. The number of nitrogens with zero attached hydrogens (tertiary/aromatic N) is 3. The van der Waals surface area contributed by atoms with E-state index in [1.807, 2.05) is 25.1 Å². The average molecular weight is 413 g/mol. The van der Waals surface area contributed by atoms with Crippen molar-refractivity contribution in [1.82, 2.24) is 20.4 Å². The van der Waals surface area contributed by atoms with Gasteiger partial charge in [0, 0.05) is 51.6 Å². The summed E-state index contributed by atoms with van der Waals surface area (Å²) in [6, 6.07) is 5.82. The maximum absolute atomic E-state index is 13.1. The lowest BCUT2D eigenvalue weighted by Gasteiger charge is -2.15. The van der Waals surface area contributed by atoms with E-state index in [2.05, 4.69) is 20.7 Å². The van der Waals surface area contributed by atoms with Gasteiger partial charge in [0.05, 0.1) is 6.61 Å². The Morgan fingerprint density at radius 1 is 1.17 bits per heavy atom. The Morgan fingerprint density at radius 3 is 2.48 bits per heavy atom. The largest absolute Gasteiger partial charge is 0.491 e. The number of ether oxygens (including phenoxy) is 2. The van der Waals surface area contributed by atoms with E-state index < -0.39 is 11.9 Å². The number of hydrogen-bond donors (Lipinski definition) is 2. The van der Waals surface area contributed by atoms with E-state index >= 15 is 0 Å². The van der Waals surface area contributed by atoms with Crippen LogP contribution in [0.3, 0.4) is 0 Å². The fourth-order valence-corrected chi connectivity index (χ4v) is 2.66. The van der Waals surface area contributed by atoms with Crippen LogP contribution in [0.1, 0.15) is 22.4 Å². The third-order valence-electron chi connectivity index (χ3n) is 4.06. The van der Waals surface area contributed by atoms with Crippen LogP contribution in [0.4, 0.5) is 13.2 Å². The summed E-state index contributed by atoms with van der Waals surface area (Å²) in [5.74, 6) is 1.09. The Kier molecular flexibility index (Phi) is 7.89. The van der Waals surface area contributed by atoms with Crippen molar-refractivity contribution in [3.8, 4) is 5.75 Å². The normalized spacial score (nSPS) is 12.2. The topological polar surface area (TPSA) is 72.7 Å². The number of guanidine groups is 1. The minimum absolute atomic E-state index is 0.0434. The van der Waals surface area contributed by atoms with Crippen LogP contribution in [0.2, 0.25) is 0 Å². The van der Waals surface area contributed by atoms with E-state index in [9.17, 15) is 13.2 Å². The van der Waals surface area contributed by atoms with Crippen LogP contribution in [-0.2, 0) is 31.1 Å². The lowest BCUT2D eigenvalue weighted by Crippen LogP contribution is -2.36. The Balaban J connectivity index is 2.00. The summed E-state index contributed by atoms with van der Waals surface area (Å²) < 4.78 is 51.1. The Labute approximate surface area is 167 Å². The number of benzene rings is 1. The van der Waals surface area contributed by atoms with Crippen molar-refractivity contribution in [3.05, 3.63) is 46.8 Å². The number of methoxy groups -OCH3 is 1. The molecule has 0 fully saturated rings. The number of rotatable bonds is 8. The zero-order chi connectivity index (χ0) is 21.4. The standard InChI is InChI=1S/C19H26F3N5O2/c1-13-5-6-14(16(9-13)29-8-7-28-4)10-24-18(23-2)25-11-15-12-27(3)26-17(15)19(20,21)22/h5-6,9,12H,7-8,10-11H2,1-4H3,(H2,23,24,25). The molecule has 0 amide bonds.